The number of aromatic carboxylic acids is 1. The summed E-state index contributed by atoms with van der Waals surface area (Å²) in [6.07, 6.45) is 0. The van der Waals surface area contributed by atoms with Crippen molar-refractivity contribution in [3.8, 4) is 0 Å². The number of aliphatic hydroxyl groups is 1. The quantitative estimate of drug-likeness (QED) is 0.799. The molecule has 1 aliphatic carbocycles. The average Bonchev–Trinajstić information content (AvgIpc) is 2.59. The van der Waals surface area contributed by atoms with Crippen molar-refractivity contribution < 1.29 is 15.0 Å². The zero-order valence-electron chi connectivity index (χ0n) is 16.4. The van der Waals surface area contributed by atoms with E-state index in [4.69, 9.17) is 5.11 Å². The predicted octanol–water partition coefficient (Wildman–Crippen LogP) is 5.16. The van der Waals surface area contributed by atoms with E-state index in [1.165, 1.54) is 16.7 Å². The molecule has 0 saturated heterocycles. The molecule has 0 aromatic heterocycles. The van der Waals surface area contributed by atoms with Gasteiger partial charge in [-0.25, -0.2) is 4.79 Å². The molecule has 0 spiro atoms. The molecule has 1 atom stereocenters. The summed E-state index contributed by atoms with van der Waals surface area (Å²) in [6, 6.07) is 11.1. The topological polar surface area (TPSA) is 57.5 Å². The number of carboxylic acid groups (broad SMARTS) is 1. The van der Waals surface area contributed by atoms with Crippen LogP contribution in [0.15, 0.2) is 36.4 Å². The van der Waals surface area contributed by atoms with E-state index in [9.17, 15) is 9.90 Å². The fraction of sp³-hybridized carbons (Fsp3) is 0.435. The van der Waals surface area contributed by atoms with Gasteiger partial charge in [0.25, 0.3) is 0 Å². The number of carboxylic acids is 1. The van der Waals surface area contributed by atoms with Crippen molar-refractivity contribution in [2.24, 2.45) is 0 Å². The van der Waals surface area contributed by atoms with Gasteiger partial charge in [-0.2, -0.15) is 0 Å². The van der Waals surface area contributed by atoms with Gasteiger partial charge in [-0.3, -0.25) is 0 Å². The van der Waals surface area contributed by atoms with Crippen LogP contribution in [0.5, 0.6) is 0 Å². The normalized spacial score (nSPS) is 20.8. The first-order valence-corrected chi connectivity index (χ1v) is 9.26. The van der Waals surface area contributed by atoms with Crippen LogP contribution < -0.4 is 0 Å². The molecule has 0 fully saturated rings. The lowest BCUT2D eigenvalue weighted by Crippen LogP contribution is -2.56. The molecule has 1 aliphatic rings. The fourth-order valence-electron chi connectivity index (χ4n) is 4.18. The molecule has 0 aliphatic heterocycles. The van der Waals surface area contributed by atoms with Crippen LogP contribution in [0.4, 0.5) is 0 Å². The van der Waals surface area contributed by atoms with E-state index in [-0.39, 0.29) is 5.56 Å². The van der Waals surface area contributed by atoms with Crippen molar-refractivity contribution >= 4 is 5.97 Å². The number of hydrogen-bond acceptors (Lipinski definition) is 2. The number of hydrogen-bond donors (Lipinski definition) is 2. The SMILES string of the molecule is CC(C)c1cc(C(C)C)c2c(c1)C(C)(C)[C@]2(O)c1ccc(C(=O)O)cc1. The van der Waals surface area contributed by atoms with Gasteiger partial charge in [0.15, 0.2) is 0 Å². The molecule has 0 saturated carbocycles. The second-order valence-electron chi connectivity index (χ2n) is 8.56. The first kappa shape index (κ1) is 18.7. The Kier molecular flexibility index (Phi) is 4.27. The number of carbonyl (C=O) groups is 1. The van der Waals surface area contributed by atoms with Crippen LogP contribution in [0.25, 0.3) is 0 Å². The van der Waals surface area contributed by atoms with Gasteiger partial charge in [-0.15, -0.1) is 0 Å². The van der Waals surface area contributed by atoms with Crippen molar-refractivity contribution in [2.45, 2.75) is 64.4 Å². The van der Waals surface area contributed by atoms with E-state index in [1.54, 1.807) is 24.3 Å². The molecule has 0 amide bonds. The van der Waals surface area contributed by atoms with Crippen LogP contribution in [0.2, 0.25) is 0 Å². The van der Waals surface area contributed by atoms with E-state index in [1.807, 2.05) is 0 Å². The smallest absolute Gasteiger partial charge is 0.335 e. The van der Waals surface area contributed by atoms with Crippen LogP contribution >= 0.6 is 0 Å². The van der Waals surface area contributed by atoms with Gasteiger partial charge in [0.1, 0.15) is 5.60 Å². The highest BCUT2D eigenvalue weighted by atomic mass is 16.4. The molecule has 26 heavy (non-hydrogen) atoms. The summed E-state index contributed by atoms with van der Waals surface area (Å²) >= 11 is 0. The molecule has 0 radical (unpaired) electrons. The van der Waals surface area contributed by atoms with Crippen LogP contribution in [0, 0.1) is 0 Å². The lowest BCUT2D eigenvalue weighted by atomic mass is 9.50. The Bertz CT molecular complexity index is 843. The summed E-state index contributed by atoms with van der Waals surface area (Å²) in [5.41, 5.74) is 4.07. The number of fused-ring (bicyclic) bond motifs is 1. The van der Waals surface area contributed by atoms with Gasteiger partial charge >= 0.3 is 5.97 Å². The van der Waals surface area contributed by atoms with E-state index in [0.717, 1.165) is 11.1 Å². The molecule has 0 bridgehead atoms. The average molecular weight is 352 g/mol. The minimum Gasteiger partial charge on any atom is -0.478 e. The standard InChI is InChI=1S/C23H28O3/c1-13(2)16-11-18(14(3)4)20-19(12-16)22(5,6)23(20,26)17-9-7-15(8-10-17)21(24)25/h7-14,26H,1-6H3,(H,24,25)/t23-/m0/s1. The first-order chi connectivity index (χ1) is 12.0. The Balaban J connectivity index is 2.23. The van der Waals surface area contributed by atoms with Crippen LogP contribution in [-0.2, 0) is 11.0 Å². The Hall–Kier alpha value is -2.13. The Labute approximate surface area is 155 Å². The molecule has 3 rings (SSSR count). The van der Waals surface area contributed by atoms with Crippen LogP contribution in [0.3, 0.4) is 0 Å². The van der Waals surface area contributed by atoms with Crippen molar-refractivity contribution in [1.29, 1.82) is 0 Å². The minimum atomic E-state index is -1.12. The highest BCUT2D eigenvalue weighted by Crippen LogP contribution is 2.60. The molecule has 3 nitrogen and oxygen atoms in total. The maximum Gasteiger partial charge on any atom is 0.335 e. The number of benzene rings is 2. The minimum absolute atomic E-state index is 0.231. The third kappa shape index (κ3) is 2.41. The van der Waals surface area contributed by atoms with E-state index >= 15 is 0 Å². The summed E-state index contributed by atoms with van der Waals surface area (Å²) in [6.45, 7) is 12.8. The Morgan fingerprint density at radius 1 is 0.962 bits per heavy atom. The molecule has 2 N–H and O–H groups in total. The van der Waals surface area contributed by atoms with Crippen LogP contribution in [0.1, 0.15) is 91.6 Å². The Morgan fingerprint density at radius 3 is 2.00 bits per heavy atom. The van der Waals surface area contributed by atoms with Crippen molar-refractivity contribution in [2.75, 3.05) is 0 Å². The highest BCUT2D eigenvalue weighted by molar-refractivity contribution is 5.87. The van der Waals surface area contributed by atoms with Gasteiger partial charge in [0.2, 0.25) is 0 Å². The third-order valence-electron chi connectivity index (χ3n) is 5.97. The first-order valence-electron chi connectivity index (χ1n) is 9.26. The number of rotatable bonds is 4. The molecule has 0 unspecified atom stereocenters. The van der Waals surface area contributed by atoms with Gasteiger partial charge in [0.05, 0.1) is 5.56 Å². The summed E-state index contributed by atoms with van der Waals surface area (Å²) in [4.78, 5) is 11.2. The molecular formula is C23H28O3. The molecule has 2 aromatic rings. The molecule has 3 heteroatoms. The zero-order chi connectivity index (χ0) is 19.4. The highest BCUT2D eigenvalue weighted by Gasteiger charge is 2.59. The fourth-order valence-corrected chi connectivity index (χ4v) is 4.18. The third-order valence-corrected chi connectivity index (χ3v) is 5.97. The van der Waals surface area contributed by atoms with Crippen molar-refractivity contribution in [3.05, 3.63) is 69.8 Å². The summed E-state index contributed by atoms with van der Waals surface area (Å²) in [5.74, 6) is -0.234. The van der Waals surface area contributed by atoms with E-state index in [0.29, 0.717) is 11.8 Å². The summed E-state index contributed by atoms with van der Waals surface area (Å²) in [5, 5.41) is 20.9. The Morgan fingerprint density at radius 2 is 1.54 bits per heavy atom. The van der Waals surface area contributed by atoms with E-state index in [2.05, 4.69) is 53.7 Å². The monoisotopic (exact) mass is 352 g/mol. The summed E-state index contributed by atoms with van der Waals surface area (Å²) in [7, 11) is 0. The van der Waals surface area contributed by atoms with Crippen molar-refractivity contribution in [3.63, 3.8) is 0 Å². The largest absolute Gasteiger partial charge is 0.478 e. The predicted molar refractivity (Wildman–Crippen MR) is 104 cm³/mol. The molecule has 0 heterocycles. The van der Waals surface area contributed by atoms with E-state index < -0.39 is 17.0 Å². The maximum absolute atomic E-state index is 11.8. The van der Waals surface area contributed by atoms with Gasteiger partial charge < -0.3 is 10.2 Å². The zero-order valence-corrected chi connectivity index (χ0v) is 16.4. The van der Waals surface area contributed by atoms with Gasteiger partial charge in [0, 0.05) is 5.41 Å². The van der Waals surface area contributed by atoms with Gasteiger partial charge in [-0.05, 0) is 51.8 Å². The van der Waals surface area contributed by atoms with Crippen LogP contribution in [-0.4, -0.2) is 16.2 Å². The lowest BCUT2D eigenvalue weighted by Gasteiger charge is -2.56. The van der Waals surface area contributed by atoms with Gasteiger partial charge in [-0.1, -0.05) is 65.8 Å². The molecular weight excluding hydrogens is 324 g/mol. The van der Waals surface area contributed by atoms with Crippen molar-refractivity contribution in [1.82, 2.24) is 0 Å². The maximum atomic E-state index is 11.8. The summed E-state index contributed by atoms with van der Waals surface area (Å²) < 4.78 is 0. The molecule has 2 aromatic carbocycles. The second-order valence-corrected chi connectivity index (χ2v) is 8.56. The molecule has 138 valence electrons. The second kappa shape index (κ2) is 5.95. The lowest BCUT2D eigenvalue weighted by molar-refractivity contribution is -0.0255.